The molecule has 2 heterocycles. The molecule has 4 aromatic rings. The Bertz CT molecular complexity index is 992. The highest BCUT2D eigenvalue weighted by molar-refractivity contribution is 7.10. The summed E-state index contributed by atoms with van der Waals surface area (Å²) >= 11 is 1.74. The zero-order chi connectivity index (χ0) is 19.3. The van der Waals surface area contributed by atoms with E-state index in [1.807, 2.05) is 30.3 Å². The highest BCUT2D eigenvalue weighted by atomic mass is 32.1. The normalized spacial score (nSPS) is 12.4. The molecule has 0 unspecified atom stereocenters. The van der Waals surface area contributed by atoms with Crippen LogP contribution in [0.25, 0.3) is 11.4 Å². The van der Waals surface area contributed by atoms with E-state index in [1.54, 1.807) is 11.3 Å². The van der Waals surface area contributed by atoms with Gasteiger partial charge in [0.2, 0.25) is 11.7 Å². The molecule has 1 atom stereocenters. The van der Waals surface area contributed by atoms with Crippen LogP contribution in [0, 0.1) is 0 Å². The minimum Gasteiger partial charge on any atom is -0.338 e. The van der Waals surface area contributed by atoms with Gasteiger partial charge in [-0.15, -0.1) is 11.3 Å². The summed E-state index contributed by atoms with van der Waals surface area (Å²) in [5.74, 6) is 1.72. The van der Waals surface area contributed by atoms with Gasteiger partial charge in [-0.1, -0.05) is 79.7 Å². The van der Waals surface area contributed by atoms with Crippen molar-refractivity contribution in [1.82, 2.24) is 15.5 Å². The van der Waals surface area contributed by atoms with Crippen molar-refractivity contribution < 1.29 is 4.52 Å². The molecule has 1 N–H and O–H groups in total. The molecular weight excluding hydrogens is 366 g/mol. The first-order valence-electron chi connectivity index (χ1n) is 9.45. The van der Waals surface area contributed by atoms with Crippen molar-refractivity contribution >= 4 is 11.3 Å². The summed E-state index contributed by atoms with van der Waals surface area (Å²) in [5, 5.41) is 9.79. The number of aromatic nitrogens is 2. The minimum absolute atomic E-state index is 0.0910. The average Bonchev–Trinajstić information content (AvgIpc) is 3.42. The predicted molar refractivity (Wildman–Crippen MR) is 113 cm³/mol. The van der Waals surface area contributed by atoms with Crippen molar-refractivity contribution in [3.05, 3.63) is 94.0 Å². The highest BCUT2D eigenvalue weighted by Gasteiger charge is 2.17. The number of nitrogens with zero attached hydrogens (tertiary/aromatic N) is 2. The number of nitrogens with one attached hydrogen (secondary N) is 1. The Morgan fingerprint density at radius 3 is 2.36 bits per heavy atom. The zero-order valence-electron chi connectivity index (χ0n) is 16.0. The van der Waals surface area contributed by atoms with E-state index >= 15 is 0 Å². The summed E-state index contributed by atoms with van der Waals surface area (Å²) in [6, 6.07) is 23.0. The van der Waals surface area contributed by atoms with E-state index in [0.29, 0.717) is 24.2 Å². The van der Waals surface area contributed by atoms with Crippen LogP contribution in [0.15, 0.2) is 76.6 Å². The van der Waals surface area contributed by atoms with Crippen LogP contribution in [0.3, 0.4) is 0 Å². The quantitative estimate of drug-likeness (QED) is 0.434. The molecule has 2 aromatic carbocycles. The van der Waals surface area contributed by atoms with Crippen molar-refractivity contribution in [2.45, 2.75) is 32.4 Å². The molecule has 4 nitrogen and oxygen atoms in total. The van der Waals surface area contributed by atoms with E-state index in [-0.39, 0.29) is 6.04 Å². The molecule has 0 aliphatic carbocycles. The first-order valence-corrected chi connectivity index (χ1v) is 10.3. The third-order valence-corrected chi connectivity index (χ3v) is 5.66. The molecule has 28 heavy (non-hydrogen) atoms. The standard InChI is InChI=1S/C23H23N3OS/c1-16(2)17-10-12-18(13-11-17)22(20-9-6-14-28-20)24-15-21-25-23(26-27-21)19-7-4-3-5-8-19/h3-14,16,22,24H,15H2,1-2H3/t22-/m0/s1. The van der Waals surface area contributed by atoms with E-state index < -0.39 is 0 Å². The minimum atomic E-state index is 0.0910. The van der Waals surface area contributed by atoms with E-state index in [1.165, 1.54) is 16.0 Å². The van der Waals surface area contributed by atoms with Gasteiger partial charge in [0.1, 0.15) is 0 Å². The zero-order valence-corrected chi connectivity index (χ0v) is 16.8. The fourth-order valence-corrected chi connectivity index (χ4v) is 3.96. The smallest absolute Gasteiger partial charge is 0.240 e. The summed E-state index contributed by atoms with van der Waals surface area (Å²) in [7, 11) is 0. The molecule has 0 fully saturated rings. The van der Waals surface area contributed by atoms with Crippen LogP contribution in [-0.4, -0.2) is 10.1 Å². The fourth-order valence-electron chi connectivity index (χ4n) is 3.13. The van der Waals surface area contributed by atoms with Gasteiger partial charge in [-0.3, -0.25) is 5.32 Å². The van der Waals surface area contributed by atoms with E-state index in [0.717, 1.165) is 5.56 Å². The van der Waals surface area contributed by atoms with Crippen LogP contribution in [0.4, 0.5) is 0 Å². The summed E-state index contributed by atoms with van der Waals surface area (Å²) in [5.41, 5.74) is 3.53. The lowest BCUT2D eigenvalue weighted by atomic mass is 9.98. The second-order valence-electron chi connectivity index (χ2n) is 7.03. The van der Waals surface area contributed by atoms with Gasteiger partial charge >= 0.3 is 0 Å². The van der Waals surface area contributed by atoms with Crippen molar-refractivity contribution in [2.75, 3.05) is 0 Å². The molecule has 4 rings (SSSR count). The molecule has 5 heteroatoms. The van der Waals surface area contributed by atoms with E-state index in [2.05, 4.69) is 71.1 Å². The lowest BCUT2D eigenvalue weighted by Gasteiger charge is -2.18. The monoisotopic (exact) mass is 389 g/mol. The van der Waals surface area contributed by atoms with Crippen LogP contribution in [-0.2, 0) is 6.54 Å². The molecule has 0 aliphatic rings. The Hall–Kier alpha value is -2.76. The summed E-state index contributed by atoms with van der Waals surface area (Å²) < 4.78 is 5.45. The molecule has 142 valence electrons. The molecule has 0 spiro atoms. The first kappa shape index (κ1) is 18.6. The topological polar surface area (TPSA) is 51.0 Å². The number of rotatable bonds is 7. The maximum absolute atomic E-state index is 5.45. The number of hydrogen-bond acceptors (Lipinski definition) is 5. The maximum atomic E-state index is 5.45. The molecule has 0 aliphatic heterocycles. The molecule has 0 saturated heterocycles. The van der Waals surface area contributed by atoms with Crippen LogP contribution in [0.2, 0.25) is 0 Å². The van der Waals surface area contributed by atoms with Crippen LogP contribution >= 0.6 is 11.3 Å². The van der Waals surface area contributed by atoms with Crippen molar-refractivity contribution in [1.29, 1.82) is 0 Å². The molecule has 0 amide bonds. The number of thiophene rings is 1. The van der Waals surface area contributed by atoms with Gasteiger partial charge in [0.15, 0.2) is 0 Å². The first-order chi connectivity index (χ1) is 13.7. The van der Waals surface area contributed by atoms with E-state index in [4.69, 9.17) is 4.52 Å². The maximum Gasteiger partial charge on any atom is 0.240 e. The third kappa shape index (κ3) is 4.21. The van der Waals surface area contributed by atoms with Crippen molar-refractivity contribution in [2.24, 2.45) is 0 Å². The summed E-state index contributed by atoms with van der Waals surface area (Å²) in [6.07, 6.45) is 0. The molecule has 0 radical (unpaired) electrons. The van der Waals surface area contributed by atoms with Gasteiger partial charge in [0.05, 0.1) is 12.6 Å². The van der Waals surface area contributed by atoms with Gasteiger partial charge < -0.3 is 4.52 Å². The lowest BCUT2D eigenvalue weighted by molar-refractivity contribution is 0.363. The Morgan fingerprint density at radius 2 is 1.68 bits per heavy atom. The largest absolute Gasteiger partial charge is 0.338 e. The molecular formula is C23H23N3OS. The SMILES string of the molecule is CC(C)c1ccc([C@H](NCc2nc(-c3ccccc3)no2)c2cccs2)cc1. The predicted octanol–water partition coefficient (Wildman–Crippen LogP) is 5.80. The molecule has 2 aromatic heterocycles. The third-order valence-electron chi connectivity index (χ3n) is 4.72. The van der Waals surface area contributed by atoms with E-state index in [9.17, 15) is 0 Å². The Balaban J connectivity index is 1.52. The molecule has 0 saturated carbocycles. The summed E-state index contributed by atoms with van der Waals surface area (Å²) in [6.45, 7) is 4.93. The van der Waals surface area contributed by atoms with Crippen molar-refractivity contribution in [3.63, 3.8) is 0 Å². The van der Waals surface area contributed by atoms with Crippen LogP contribution in [0.1, 0.15) is 47.7 Å². The van der Waals surface area contributed by atoms with Gasteiger partial charge in [0, 0.05) is 10.4 Å². The number of benzene rings is 2. The van der Waals surface area contributed by atoms with Crippen LogP contribution in [0.5, 0.6) is 0 Å². The average molecular weight is 390 g/mol. The highest BCUT2D eigenvalue weighted by Crippen LogP contribution is 2.28. The Kier molecular flexibility index (Phi) is 5.65. The summed E-state index contributed by atoms with van der Waals surface area (Å²) in [4.78, 5) is 5.79. The Labute approximate surface area is 169 Å². The lowest BCUT2D eigenvalue weighted by Crippen LogP contribution is -2.21. The Morgan fingerprint density at radius 1 is 0.929 bits per heavy atom. The molecule has 0 bridgehead atoms. The van der Waals surface area contributed by atoms with Gasteiger partial charge in [-0.25, -0.2) is 0 Å². The second-order valence-corrected chi connectivity index (χ2v) is 8.01. The fraction of sp³-hybridized carbons (Fsp3) is 0.217. The second kappa shape index (κ2) is 8.50. The van der Waals surface area contributed by atoms with Gasteiger partial charge in [-0.05, 0) is 28.5 Å². The van der Waals surface area contributed by atoms with Crippen molar-refractivity contribution in [3.8, 4) is 11.4 Å². The van der Waals surface area contributed by atoms with Crippen LogP contribution < -0.4 is 5.32 Å². The van der Waals surface area contributed by atoms with Gasteiger partial charge in [0.25, 0.3) is 0 Å². The van der Waals surface area contributed by atoms with Gasteiger partial charge in [-0.2, -0.15) is 4.98 Å². The number of hydrogen-bond donors (Lipinski definition) is 1.